The van der Waals surface area contributed by atoms with Gasteiger partial charge in [-0.05, 0) is 50.3 Å². The van der Waals surface area contributed by atoms with E-state index in [-0.39, 0.29) is 23.7 Å². The van der Waals surface area contributed by atoms with Crippen LogP contribution in [0, 0.1) is 11.8 Å². The Kier molecular flexibility index (Phi) is 10.1. The fourth-order valence-electron chi connectivity index (χ4n) is 5.96. The van der Waals surface area contributed by atoms with Crippen LogP contribution in [0.3, 0.4) is 0 Å². The van der Waals surface area contributed by atoms with Crippen LogP contribution in [0.1, 0.15) is 57.4 Å². The summed E-state index contributed by atoms with van der Waals surface area (Å²) < 4.78 is 5.42. The van der Waals surface area contributed by atoms with Gasteiger partial charge in [0.05, 0.1) is 12.6 Å². The van der Waals surface area contributed by atoms with Gasteiger partial charge in [0, 0.05) is 43.4 Å². The van der Waals surface area contributed by atoms with E-state index in [9.17, 15) is 19.5 Å². The van der Waals surface area contributed by atoms with Crippen LogP contribution < -0.4 is 10.1 Å². The molecule has 40 heavy (non-hydrogen) atoms. The van der Waals surface area contributed by atoms with Crippen molar-refractivity contribution in [2.24, 2.45) is 11.8 Å². The maximum Gasteiger partial charge on any atom is 0.326 e. The lowest BCUT2D eigenvalue weighted by atomic mass is 9.99. The minimum absolute atomic E-state index is 0.0249. The van der Waals surface area contributed by atoms with Gasteiger partial charge in [-0.3, -0.25) is 9.59 Å². The molecule has 0 spiro atoms. The molecule has 2 aliphatic heterocycles. The number of aliphatic carboxylic acids is 1. The number of amides is 2. The van der Waals surface area contributed by atoms with Crippen molar-refractivity contribution in [1.82, 2.24) is 20.1 Å². The quantitative estimate of drug-likeness (QED) is 0.523. The number of hydrogen-bond acceptors (Lipinski definition) is 6. The summed E-state index contributed by atoms with van der Waals surface area (Å²) in [7, 11) is 3.64. The molecule has 1 aromatic carbocycles. The molecule has 0 radical (unpaired) electrons. The Labute approximate surface area is 236 Å². The van der Waals surface area contributed by atoms with Gasteiger partial charge in [0.1, 0.15) is 12.1 Å². The van der Waals surface area contributed by atoms with Crippen molar-refractivity contribution < 1.29 is 24.2 Å². The number of methoxy groups -OCH3 is 1. The Morgan fingerprint density at radius 2 is 1.98 bits per heavy atom. The molecule has 216 valence electrons. The van der Waals surface area contributed by atoms with Gasteiger partial charge in [-0.15, -0.1) is 0 Å². The lowest BCUT2D eigenvalue weighted by molar-refractivity contribution is -0.144. The van der Waals surface area contributed by atoms with E-state index in [0.29, 0.717) is 38.4 Å². The van der Waals surface area contributed by atoms with E-state index < -0.39 is 18.1 Å². The molecule has 4 rings (SSSR count). The number of benzene rings is 1. The third-order valence-corrected chi connectivity index (χ3v) is 8.05. The molecule has 2 N–H and O–H groups in total. The Morgan fingerprint density at radius 1 is 1.20 bits per heavy atom. The maximum absolute atomic E-state index is 13.5. The first kappa shape index (κ1) is 29.5. The molecule has 2 aromatic rings. The molecule has 2 aliphatic rings. The second-order valence-corrected chi connectivity index (χ2v) is 11.3. The molecule has 1 unspecified atom stereocenters. The number of carbonyl (C=O) groups is 3. The van der Waals surface area contributed by atoms with Gasteiger partial charge < -0.3 is 25.0 Å². The number of fused-ring (bicyclic) bond motifs is 2. The van der Waals surface area contributed by atoms with Crippen LogP contribution in [-0.2, 0) is 20.9 Å². The summed E-state index contributed by atoms with van der Waals surface area (Å²) in [6, 6.07) is 8.21. The molecule has 0 bridgehead atoms. The van der Waals surface area contributed by atoms with Gasteiger partial charge in [-0.25, -0.2) is 9.78 Å². The van der Waals surface area contributed by atoms with Crippen molar-refractivity contribution >= 4 is 28.7 Å². The summed E-state index contributed by atoms with van der Waals surface area (Å²) >= 11 is 0. The second kappa shape index (κ2) is 13.7. The Hall–Kier alpha value is -3.46. The van der Waals surface area contributed by atoms with E-state index >= 15 is 0 Å². The number of rotatable bonds is 6. The van der Waals surface area contributed by atoms with Crippen LogP contribution in [0.15, 0.2) is 42.5 Å². The summed E-state index contributed by atoms with van der Waals surface area (Å²) in [5.41, 5.74) is 1.97. The van der Waals surface area contributed by atoms with Crippen molar-refractivity contribution in [2.45, 2.75) is 70.5 Å². The van der Waals surface area contributed by atoms with Gasteiger partial charge in [0.2, 0.25) is 17.7 Å². The molecular weight excluding hydrogens is 508 g/mol. The number of allylic oxidation sites excluding steroid dienone is 1. The highest BCUT2D eigenvalue weighted by molar-refractivity contribution is 5.91. The van der Waals surface area contributed by atoms with Crippen molar-refractivity contribution in [2.75, 3.05) is 27.2 Å². The van der Waals surface area contributed by atoms with Crippen LogP contribution in [0.4, 0.5) is 0 Å². The van der Waals surface area contributed by atoms with Gasteiger partial charge in [-0.2, -0.15) is 0 Å². The van der Waals surface area contributed by atoms with Crippen molar-refractivity contribution in [3.63, 3.8) is 0 Å². The molecule has 9 heteroatoms. The number of pyridine rings is 1. The average molecular weight is 551 g/mol. The van der Waals surface area contributed by atoms with Gasteiger partial charge in [0.25, 0.3) is 0 Å². The van der Waals surface area contributed by atoms with Gasteiger partial charge in [-0.1, -0.05) is 50.1 Å². The maximum atomic E-state index is 13.5. The average Bonchev–Trinajstić information content (AvgIpc) is 3.35. The minimum Gasteiger partial charge on any atom is -0.481 e. The predicted molar refractivity (Wildman–Crippen MR) is 154 cm³/mol. The van der Waals surface area contributed by atoms with Crippen LogP contribution in [0.2, 0.25) is 0 Å². The van der Waals surface area contributed by atoms with E-state index in [1.54, 1.807) is 18.9 Å². The number of para-hydroxylation sites is 1. The van der Waals surface area contributed by atoms with E-state index in [4.69, 9.17) is 4.74 Å². The molecule has 9 nitrogen and oxygen atoms in total. The van der Waals surface area contributed by atoms with Crippen molar-refractivity contribution in [3.8, 4) is 5.88 Å². The fourth-order valence-corrected chi connectivity index (χ4v) is 5.96. The van der Waals surface area contributed by atoms with Crippen LogP contribution in [0.5, 0.6) is 5.88 Å². The van der Waals surface area contributed by atoms with E-state index in [1.807, 2.05) is 43.5 Å². The van der Waals surface area contributed by atoms with Crippen molar-refractivity contribution in [1.29, 1.82) is 0 Å². The fraction of sp³-hybridized carbons (Fsp3) is 0.548. The molecule has 0 aliphatic carbocycles. The molecule has 4 atom stereocenters. The first-order valence-corrected chi connectivity index (χ1v) is 14.4. The van der Waals surface area contributed by atoms with Crippen LogP contribution in [0.25, 0.3) is 10.9 Å². The molecule has 3 heterocycles. The lowest BCUT2D eigenvalue weighted by Gasteiger charge is -2.26. The summed E-state index contributed by atoms with van der Waals surface area (Å²) in [5.74, 6) is -1.19. The van der Waals surface area contributed by atoms with Crippen LogP contribution >= 0.6 is 0 Å². The molecular formula is C31H42N4O5. The standard InChI is InChI=1S/C31H42N4O5/c1-21-12-8-6-4-5-7-9-15-28(36)35-19-22(16-26(35)30(37)33-29(21)31(38)39)18-34(2)20-23-17-27(40-3)32-25-14-11-10-13-24(23)25/h8,10-14,17,21-22,26,29H,4-7,9,15-16,18-20H2,1-3H3,(H,33,37)(H,38,39)/b12-8-/t21-,22-,26-,29?/m0/s1. The smallest absolute Gasteiger partial charge is 0.326 e. The van der Waals surface area contributed by atoms with Crippen molar-refractivity contribution in [3.05, 3.63) is 48.0 Å². The number of hydrogen-bond donors (Lipinski definition) is 2. The number of carboxylic acids is 1. The summed E-state index contributed by atoms with van der Waals surface area (Å²) in [4.78, 5) is 47.2. The van der Waals surface area contributed by atoms with Gasteiger partial charge >= 0.3 is 5.97 Å². The number of nitrogens with zero attached hydrogens (tertiary/aromatic N) is 3. The third kappa shape index (κ3) is 7.38. The van der Waals surface area contributed by atoms with Gasteiger partial charge in [0.15, 0.2) is 0 Å². The highest BCUT2D eigenvalue weighted by Gasteiger charge is 2.41. The molecule has 1 saturated heterocycles. The summed E-state index contributed by atoms with van der Waals surface area (Å²) in [6.07, 6.45) is 9.44. The summed E-state index contributed by atoms with van der Waals surface area (Å²) in [6.45, 7) is 3.63. The second-order valence-electron chi connectivity index (χ2n) is 11.3. The Bertz CT molecular complexity index is 1230. The van der Waals surface area contributed by atoms with E-state index in [1.165, 1.54) is 0 Å². The molecule has 0 saturated carbocycles. The third-order valence-electron chi connectivity index (χ3n) is 8.05. The zero-order chi connectivity index (χ0) is 28.6. The molecule has 2 amide bonds. The predicted octanol–water partition coefficient (Wildman–Crippen LogP) is 4.01. The number of carboxylic acid groups (broad SMARTS) is 1. The molecule has 1 fully saturated rings. The Balaban J connectivity index is 1.50. The number of nitrogens with one attached hydrogen (secondary N) is 1. The first-order valence-electron chi connectivity index (χ1n) is 14.4. The normalized spacial score (nSPS) is 25.6. The zero-order valence-corrected chi connectivity index (χ0v) is 23.8. The Morgan fingerprint density at radius 3 is 2.75 bits per heavy atom. The minimum atomic E-state index is -1.07. The van der Waals surface area contributed by atoms with Crippen LogP contribution in [-0.4, -0.2) is 77.0 Å². The molecule has 1 aromatic heterocycles. The lowest BCUT2D eigenvalue weighted by Crippen LogP contribution is -2.52. The SMILES string of the molecule is COc1cc(CN(C)C[C@@H]2C[C@H]3C(=O)NC(C(=O)O)[C@@H](C)/C=C\CCCCCCC(=O)N3C2)c2ccccc2n1. The monoisotopic (exact) mass is 550 g/mol. The largest absolute Gasteiger partial charge is 0.481 e. The number of aromatic nitrogens is 1. The first-order chi connectivity index (χ1) is 19.3. The number of ether oxygens (including phenoxy) is 1. The highest BCUT2D eigenvalue weighted by Crippen LogP contribution is 2.28. The highest BCUT2D eigenvalue weighted by atomic mass is 16.5. The topological polar surface area (TPSA) is 112 Å². The number of carbonyl (C=O) groups excluding carboxylic acids is 2. The summed E-state index contributed by atoms with van der Waals surface area (Å²) in [5, 5.41) is 13.7. The van der Waals surface area contributed by atoms with E-state index in [2.05, 4.69) is 21.3 Å². The zero-order valence-electron chi connectivity index (χ0n) is 23.8. The van der Waals surface area contributed by atoms with E-state index in [0.717, 1.165) is 48.6 Å².